The molecule has 2 aliphatic rings. The summed E-state index contributed by atoms with van der Waals surface area (Å²) in [6, 6.07) is 5.84. The molecule has 0 saturated carbocycles. The van der Waals surface area contributed by atoms with E-state index in [-0.39, 0.29) is 12.0 Å². The van der Waals surface area contributed by atoms with Gasteiger partial charge in [0.25, 0.3) is 5.91 Å². The number of rotatable bonds is 3. The number of fused-ring (bicyclic) bond motifs is 2. The van der Waals surface area contributed by atoms with Crippen LogP contribution in [0, 0.1) is 0 Å². The van der Waals surface area contributed by atoms with Gasteiger partial charge in [0.2, 0.25) is 0 Å². The number of carbonyl (C=O) groups is 1. The Labute approximate surface area is 162 Å². The second kappa shape index (κ2) is 6.79. The quantitative estimate of drug-likeness (QED) is 0.751. The summed E-state index contributed by atoms with van der Waals surface area (Å²) in [7, 11) is 0. The van der Waals surface area contributed by atoms with Crippen LogP contribution in [-0.4, -0.2) is 52.9 Å². The van der Waals surface area contributed by atoms with Gasteiger partial charge in [-0.25, -0.2) is 9.50 Å². The van der Waals surface area contributed by atoms with Crippen molar-refractivity contribution in [2.45, 2.75) is 19.4 Å². The first kappa shape index (κ1) is 17.0. The number of morpholine rings is 1. The number of hydrogen-bond donors (Lipinski definition) is 1. The van der Waals surface area contributed by atoms with Crippen molar-refractivity contribution in [2.75, 3.05) is 36.5 Å². The Morgan fingerprint density at radius 1 is 1.29 bits per heavy atom. The predicted octanol–water partition coefficient (Wildman–Crippen LogP) is 2.14. The minimum absolute atomic E-state index is 0.141. The van der Waals surface area contributed by atoms with Crippen LogP contribution in [0.1, 0.15) is 22.8 Å². The summed E-state index contributed by atoms with van der Waals surface area (Å²) in [5.41, 5.74) is 3.81. The second-order valence-corrected chi connectivity index (χ2v) is 7.11. The highest BCUT2D eigenvalue weighted by atomic mass is 16.5. The molecule has 2 aliphatic heterocycles. The molecule has 28 heavy (non-hydrogen) atoms. The highest BCUT2D eigenvalue weighted by molar-refractivity contribution is 6.09. The molecule has 1 N–H and O–H groups in total. The molecule has 2 aromatic heterocycles. The monoisotopic (exact) mass is 379 g/mol. The van der Waals surface area contributed by atoms with E-state index in [2.05, 4.69) is 27.2 Å². The number of amides is 1. The lowest BCUT2D eigenvalue weighted by Crippen LogP contribution is -2.36. The van der Waals surface area contributed by atoms with Crippen LogP contribution >= 0.6 is 0 Å². The third-order valence-corrected chi connectivity index (χ3v) is 5.14. The summed E-state index contributed by atoms with van der Waals surface area (Å²) in [5, 5.41) is 7.28. The van der Waals surface area contributed by atoms with Crippen LogP contribution in [0.5, 0.6) is 5.75 Å². The minimum atomic E-state index is -0.227. The largest absolute Gasteiger partial charge is 0.490 e. The molecule has 1 amide bonds. The molecule has 1 aromatic carbocycles. The van der Waals surface area contributed by atoms with Crippen LogP contribution < -0.4 is 15.0 Å². The molecule has 1 fully saturated rings. The van der Waals surface area contributed by atoms with Crippen molar-refractivity contribution in [2.24, 2.45) is 0 Å². The Bertz CT molecular complexity index is 1040. The minimum Gasteiger partial charge on any atom is -0.490 e. The fraction of sp³-hybridized carbons (Fsp3) is 0.350. The number of hydrogen-bond acceptors (Lipinski definition) is 6. The second-order valence-electron chi connectivity index (χ2n) is 7.11. The lowest BCUT2D eigenvalue weighted by atomic mass is 10.1. The van der Waals surface area contributed by atoms with E-state index in [0.717, 1.165) is 42.2 Å². The Morgan fingerprint density at radius 2 is 2.14 bits per heavy atom. The number of benzene rings is 1. The zero-order valence-electron chi connectivity index (χ0n) is 15.6. The van der Waals surface area contributed by atoms with Gasteiger partial charge >= 0.3 is 0 Å². The number of anilines is 2. The van der Waals surface area contributed by atoms with E-state index < -0.39 is 0 Å². The Balaban J connectivity index is 1.51. The van der Waals surface area contributed by atoms with Crippen LogP contribution in [0.4, 0.5) is 11.4 Å². The van der Waals surface area contributed by atoms with Gasteiger partial charge in [-0.2, -0.15) is 5.10 Å². The number of carbonyl (C=O) groups excluding carboxylic acids is 1. The van der Waals surface area contributed by atoms with Gasteiger partial charge < -0.3 is 19.7 Å². The average Bonchev–Trinajstić information content (AvgIpc) is 3.30. The maximum atomic E-state index is 13.0. The molecule has 0 unspecified atom stereocenters. The van der Waals surface area contributed by atoms with Gasteiger partial charge in [-0.3, -0.25) is 4.79 Å². The molecule has 3 aromatic rings. The molecule has 0 aliphatic carbocycles. The standard InChI is InChI=1S/C20H21N5O3/c1-13-9-14-10-16(17(11-18(14)28-13)24-5-7-27-8-6-24)23-20(26)15-12-22-25-4-2-3-21-19(15)25/h2-4,10-13H,5-9H2,1H3,(H,23,26)/t13-/m1/s1. The van der Waals surface area contributed by atoms with Crippen molar-refractivity contribution in [3.63, 3.8) is 0 Å². The SMILES string of the molecule is C[C@@H]1Cc2cc(NC(=O)c3cnn4cccnc34)c(N3CCOCC3)cc2O1. The first-order chi connectivity index (χ1) is 13.7. The Kier molecular flexibility index (Phi) is 4.12. The molecule has 8 heteroatoms. The van der Waals surface area contributed by atoms with Gasteiger partial charge in [-0.1, -0.05) is 0 Å². The average molecular weight is 379 g/mol. The molecule has 4 heterocycles. The third kappa shape index (κ3) is 2.95. The van der Waals surface area contributed by atoms with Crippen molar-refractivity contribution in [1.29, 1.82) is 0 Å². The molecule has 5 rings (SSSR count). The van der Waals surface area contributed by atoms with Crippen molar-refractivity contribution >= 4 is 22.9 Å². The first-order valence-corrected chi connectivity index (χ1v) is 9.45. The van der Waals surface area contributed by atoms with Crippen molar-refractivity contribution in [1.82, 2.24) is 14.6 Å². The molecule has 1 atom stereocenters. The maximum absolute atomic E-state index is 13.0. The number of ether oxygens (including phenoxy) is 2. The summed E-state index contributed by atoms with van der Waals surface area (Å²) in [6.45, 7) is 4.93. The summed E-state index contributed by atoms with van der Waals surface area (Å²) in [5.74, 6) is 0.666. The van der Waals surface area contributed by atoms with Gasteiger partial charge in [0.1, 0.15) is 17.4 Å². The number of aromatic nitrogens is 3. The summed E-state index contributed by atoms with van der Waals surface area (Å²) in [4.78, 5) is 19.5. The summed E-state index contributed by atoms with van der Waals surface area (Å²) in [6.07, 6.45) is 5.94. The molecule has 0 spiro atoms. The maximum Gasteiger partial charge on any atom is 0.261 e. The van der Waals surface area contributed by atoms with Gasteiger partial charge in [0.05, 0.1) is 30.8 Å². The topological polar surface area (TPSA) is 81.0 Å². The van der Waals surface area contributed by atoms with E-state index in [1.165, 1.54) is 0 Å². The van der Waals surface area contributed by atoms with Crippen molar-refractivity contribution < 1.29 is 14.3 Å². The van der Waals surface area contributed by atoms with E-state index in [0.29, 0.717) is 24.4 Å². The van der Waals surface area contributed by atoms with Crippen LogP contribution in [0.25, 0.3) is 5.65 Å². The molecular weight excluding hydrogens is 358 g/mol. The molecular formula is C20H21N5O3. The summed E-state index contributed by atoms with van der Waals surface area (Å²) >= 11 is 0. The smallest absolute Gasteiger partial charge is 0.261 e. The number of nitrogens with one attached hydrogen (secondary N) is 1. The highest BCUT2D eigenvalue weighted by Gasteiger charge is 2.25. The van der Waals surface area contributed by atoms with E-state index in [1.807, 2.05) is 12.1 Å². The van der Waals surface area contributed by atoms with Crippen LogP contribution in [0.2, 0.25) is 0 Å². The fourth-order valence-electron chi connectivity index (χ4n) is 3.79. The molecule has 144 valence electrons. The Hall–Kier alpha value is -3.13. The first-order valence-electron chi connectivity index (χ1n) is 9.45. The predicted molar refractivity (Wildman–Crippen MR) is 104 cm³/mol. The third-order valence-electron chi connectivity index (χ3n) is 5.14. The highest BCUT2D eigenvalue weighted by Crippen LogP contribution is 2.39. The fourth-order valence-corrected chi connectivity index (χ4v) is 3.79. The van der Waals surface area contributed by atoms with Gasteiger partial charge in [-0.05, 0) is 19.1 Å². The normalized spacial score (nSPS) is 18.8. The molecule has 1 saturated heterocycles. The molecule has 0 radical (unpaired) electrons. The van der Waals surface area contributed by atoms with Crippen molar-refractivity contribution in [3.8, 4) is 5.75 Å². The van der Waals surface area contributed by atoms with Crippen molar-refractivity contribution in [3.05, 3.63) is 47.9 Å². The van der Waals surface area contributed by atoms with Crippen LogP contribution in [0.3, 0.4) is 0 Å². The lowest BCUT2D eigenvalue weighted by Gasteiger charge is -2.31. The van der Waals surface area contributed by atoms with Gasteiger partial charge in [0.15, 0.2) is 5.65 Å². The number of nitrogens with zero attached hydrogens (tertiary/aromatic N) is 4. The zero-order valence-corrected chi connectivity index (χ0v) is 15.6. The van der Waals surface area contributed by atoms with E-state index >= 15 is 0 Å². The van der Waals surface area contributed by atoms with Crippen LogP contribution in [-0.2, 0) is 11.2 Å². The van der Waals surface area contributed by atoms with Gasteiger partial charge in [-0.15, -0.1) is 0 Å². The summed E-state index contributed by atoms with van der Waals surface area (Å²) < 4.78 is 13.0. The lowest BCUT2D eigenvalue weighted by molar-refractivity contribution is 0.102. The molecule has 0 bridgehead atoms. The van der Waals surface area contributed by atoms with Crippen LogP contribution in [0.15, 0.2) is 36.8 Å². The van der Waals surface area contributed by atoms with E-state index in [9.17, 15) is 4.79 Å². The van der Waals surface area contributed by atoms with E-state index in [4.69, 9.17) is 9.47 Å². The zero-order chi connectivity index (χ0) is 19.1. The Morgan fingerprint density at radius 3 is 3.00 bits per heavy atom. The molecule has 8 nitrogen and oxygen atoms in total. The van der Waals surface area contributed by atoms with Gasteiger partial charge in [0, 0.05) is 43.5 Å². The van der Waals surface area contributed by atoms with E-state index in [1.54, 1.807) is 29.2 Å².